The van der Waals surface area contributed by atoms with Crippen LogP contribution in [0.2, 0.25) is 0 Å². The number of aromatic nitrogens is 2. The molecule has 4 aliphatic heterocycles. The molecule has 0 aromatic carbocycles. The second-order valence-corrected chi connectivity index (χ2v) is 9.27. The Labute approximate surface area is 175 Å². The molecule has 4 fully saturated rings. The van der Waals surface area contributed by atoms with E-state index in [4.69, 9.17) is 4.63 Å². The van der Waals surface area contributed by atoms with Crippen molar-refractivity contribution < 1.29 is 19.0 Å². The van der Waals surface area contributed by atoms with Gasteiger partial charge in [-0.05, 0) is 44.9 Å². The van der Waals surface area contributed by atoms with Crippen LogP contribution in [-0.4, -0.2) is 81.0 Å². The van der Waals surface area contributed by atoms with E-state index >= 15 is 0 Å². The molecule has 4 saturated heterocycles. The molecule has 4 aliphatic rings. The Morgan fingerprint density at radius 2 is 1.83 bits per heavy atom. The van der Waals surface area contributed by atoms with Crippen LogP contribution in [0.4, 0.5) is 0 Å². The van der Waals surface area contributed by atoms with Crippen LogP contribution in [0.25, 0.3) is 0 Å². The fourth-order valence-electron chi connectivity index (χ4n) is 5.97. The Morgan fingerprint density at radius 1 is 1.07 bits per heavy atom. The summed E-state index contributed by atoms with van der Waals surface area (Å²) in [5.41, 5.74) is 1.20. The number of piperidine rings is 3. The number of likely N-dealkylation sites (tertiary alicyclic amines) is 2. The van der Waals surface area contributed by atoms with E-state index in [0.717, 1.165) is 45.2 Å². The van der Waals surface area contributed by atoms with Crippen LogP contribution < -0.4 is 0 Å². The largest absolute Gasteiger partial charge is 0.342 e. The summed E-state index contributed by atoms with van der Waals surface area (Å²) in [6, 6.07) is -0.367. The lowest BCUT2D eigenvalue weighted by atomic mass is 9.71. The van der Waals surface area contributed by atoms with Gasteiger partial charge in [0.1, 0.15) is 17.4 Å². The van der Waals surface area contributed by atoms with Gasteiger partial charge in [0.2, 0.25) is 17.7 Å². The van der Waals surface area contributed by atoms with Crippen molar-refractivity contribution in [3.8, 4) is 0 Å². The third kappa shape index (κ3) is 3.28. The Bertz CT molecular complexity index is 848. The Balaban J connectivity index is 1.40. The smallest absolute Gasteiger partial charge is 0.245 e. The highest BCUT2D eigenvalue weighted by Crippen LogP contribution is 2.42. The third-order valence-corrected chi connectivity index (χ3v) is 7.43. The predicted octanol–water partition coefficient (Wildman–Crippen LogP) is 0.771. The predicted molar refractivity (Wildman–Crippen MR) is 105 cm³/mol. The molecular weight excluding hydrogens is 386 g/mol. The van der Waals surface area contributed by atoms with E-state index < -0.39 is 6.04 Å². The summed E-state index contributed by atoms with van der Waals surface area (Å²) in [6.07, 6.45) is 5.43. The van der Waals surface area contributed by atoms with E-state index in [-0.39, 0.29) is 42.0 Å². The third-order valence-electron chi connectivity index (χ3n) is 7.43. The Kier molecular flexibility index (Phi) is 4.99. The minimum atomic E-state index is -0.428. The number of hydrogen-bond donors (Lipinski definition) is 0. The first kappa shape index (κ1) is 19.5. The highest BCUT2D eigenvalue weighted by molar-refractivity contribution is 5.89. The van der Waals surface area contributed by atoms with Crippen molar-refractivity contribution in [3.05, 3.63) is 11.4 Å². The molecule has 9 nitrogen and oxygen atoms in total. The zero-order valence-corrected chi connectivity index (χ0v) is 17.5. The zero-order chi connectivity index (χ0) is 20.8. The molecule has 5 rings (SSSR count). The van der Waals surface area contributed by atoms with Crippen LogP contribution in [0.1, 0.15) is 49.9 Å². The van der Waals surface area contributed by atoms with Crippen LogP contribution >= 0.6 is 0 Å². The summed E-state index contributed by atoms with van der Waals surface area (Å²) in [6.45, 7) is 4.48. The maximum atomic E-state index is 13.5. The summed E-state index contributed by atoms with van der Waals surface area (Å²) in [5.74, 6) is 0.419. The van der Waals surface area contributed by atoms with Crippen molar-refractivity contribution in [2.45, 2.75) is 64.0 Å². The molecule has 1 aromatic rings. The summed E-state index contributed by atoms with van der Waals surface area (Å²) in [4.78, 5) is 45.2. The molecule has 5 heterocycles. The van der Waals surface area contributed by atoms with Gasteiger partial charge in [0, 0.05) is 44.6 Å². The first-order chi connectivity index (χ1) is 14.5. The number of rotatable bonds is 3. The van der Waals surface area contributed by atoms with Crippen LogP contribution in [0, 0.1) is 18.8 Å². The highest BCUT2D eigenvalue weighted by Gasteiger charge is 2.53. The molecule has 2 bridgehead atoms. The molecule has 0 unspecified atom stereocenters. The summed E-state index contributed by atoms with van der Waals surface area (Å²) in [5, 5.41) is 7.61. The van der Waals surface area contributed by atoms with Gasteiger partial charge in [0.25, 0.3) is 0 Å². The Hall–Kier alpha value is -2.45. The molecule has 30 heavy (non-hydrogen) atoms. The van der Waals surface area contributed by atoms with E-state index in [1.165, 1.54) is 0 Å². The van der Waals surface area contributed by atoms with Gasteiger partial charge < -0.3 is 14.7 Å². The van der Waals surface area contributed by atoms with Crippen molar-refractivity contribution in [1.29, 1.82) is 0 Å². The van der Waals surface area contributed by atoms with E-state index in [1.807, 2.05) is 14.7 Å². The maximum Gasteiger partial charge on any atom is 0.245 e. The molecule has 0 saturated carbocycles. The summed E-state index contributed by atoms with van der Waals surface area (Å²) < 4.78 is 4.73. The summed E-state index contributed by atoms with van der Waals surface area (Å²) >= 11 is 0. The second-order valence-electron chi connectivity index (χ2n) is 9.27. The second kappa shape index (κ2) is 7.67. The molecule has 1 aromatic heterocycles. The summed E-state index contributed by atoms with van der Waals surface area (Å²) in [7, 11) is 0. The van der Waals surface area contributed by atoms with Gasteiger partial charge in [-0.2, -0.15) is 0 Å². The fraction of sp³-hybridized carbons (Fsp3) is 0.762. The molecular formula is C21H29N5O4. The van der Waals surface area contributed by atoms with E-state index in [0.29, 0.717) is 30.9 Å². The number of nitrogens with zero attached hydrogens (tertiary/aromatic N) is 5. The number of fused-ring (bicyclic) bond motifs is 4. The number of amides is 3. The molecule has 3 amide bonds. The quantitative estimate of drug-likeness (QED) is 0.723. The fourth-order valence-corrected chi connectivity index (χ4v) is 5.97. The molecule has 0 spiro atoms. The standard InChI is InChI=1S/C21H29N5O4/c1-13-16(23-30-22-13)10-19(28)25-11-14-9-15(12-25)20(21(29)24-7-2-3-8-24)26-17(14)5-4-6-18(26)27/h14-15,17,20H,2-12H2,1H3/t14-,15+,17+,20-/m1/s1. The van der Waals surface area contributed by atoms with Gasteiger partial charge in [-0.1, -0.05) is 10.3 Å². The monoisotopic (exact) mass is 415 g/mol. The van der Waals surface area contributed by atoms with E-state index in [9.17, 15) is 14.4 Å². The normalized spacial score (nSPS) is 31.1. The Morgan fingerprint density at radius 3 is 2.57 bits per heavy atom. The molecule has 0 N–H and O–H groups in total. The number of carbonyl (C=O) groups excluding carboxylic acids is 3. The minimum Gasteiger partial charge on any atom is -0.342 e. The topological polar surface area (TPSA) is 99.8 Å². The van der Waals surface area contributed by atoms with Gasteiger partial charge >= 0.3 is 0 Å². The van der Waals surface area contributed by atoms with Gasteiger partial charge in [-0.15, -0.1) is 0 Å². The average Bonchev–Trinajstić information content (AvgIpc) is 3.41. The maximum absolute atomic E-state index is 13.5. The van der Waals surface area contributed by atoms with Crippen molar-refractivity contribution in [3.63, 3.8) is 0 Å². The van der Waals surface area contributed by atoms with Gasteiger partial charge in [-0.3, -0.25) is 14.4 Å². The SMILES string of the molecule is Cc1nonc1CC(=O)N1C[C@H]2C[C@@H](C1)[C@H](C(=O)N1CCCC1)N1C(=O)CCC[C@@H]21. The average molecular weight is 415 g/mol. The lowest BCUT2D eigenvalue weighted by Gasteiger charge is -2.56. The van der Waals surface area contributed by atoms with Crippen molar-refractivity contribution in [2.24, 2.45) is 11.8 Å². The van der Waals surface area contributed by atoms with Crippen LogP contribution in [0.3, 0.4) is 0 Å². The first-order valence-electron chi connectivity index (χ1n) is 11.2. The van der Waals surface area contributed by atoms with Crippen LogP contribution in [-0.2, 0) is 20.8 Å². The van der Waals surface area contributed by atoms with Crippen molar-refractivity contribution >= 4 is 17.7 Å². The number of hydrogen-bond acceptors (Lipinski definition) is 6. The van der Waals surface area contributed by atoms with Gasteiger partial charge in [-0.25, -0.2) is 4.63 Å². The number of carbonyl (C=O) groups is 3. The van der Waals surface area contributed by atoms with Crippen LogP contribution in [0.15, 0.2) is 4.63 Å². The molecule has 162 valence electrons. The highest BCUT2D eigenvalue weighted by atomic mass is 16.6. The number of aryl methyl sites for hydroxylation is 1. The van der Waals surface area contributed by atoms with Gasteiger partial charge in [0.15, 0.2) is 0 Å². The molecule has 9 heteroatoms. The lowest BCUT2D eigenvalue weighted by molar-refractivity contribution is -0.166. The van der Waals surface area contributed by atoms with E-state index in [2.05, 4.69) is 10.3 Å². The molecule has 4 atom stereocenters. The van der Waals surface area contributed by atoms with Gasteiger partial charge in [0.05, 0.1) is 6.42 Å². The molecule has 0 aliphatic carbocycles. The van der Waals surface area contributed by atoms with Crippen LogP contribution in [0.5, 0.6) is 0 Å². The lowest BCUT2D eigenvalue weighted by Crippen LogP contribution is -2.68. The van der Waals surface area contributed by atoms with E-state index in [1.54, 1.807) is 6.92 Å². The molecule has 0 radical (unpaired) electrons. The zero-order valence-electron chi connectivity index (χ0n) is 17.5. The van der Waals surface area contributed by atoms with Crippen molar-refractivity contribution in [1.82, 2.24) is 25.0 Å². The first-order valence-corrected chi connectivity index (χ1v) is 11.2. The minimum absolute atomic E-state index is 0.00405. The van der Waals surface area contributed by atoms with Crippen molar-refractivity contribution in [2.75, 3.05) is 26.2 Å².